The van der Waals surface area contributed by atoms with E-state index < -0.39 is 30.0 Å². The molecule has 1 N–H and O–H groups in total. The number of carboxylic acid groups (broad SMARTS) is 1. The number of nitrogens with zero attached hydrogens (tertiary/aromatic N) is 4. The lowest BCUT2D eigenvalue weighted by atomic mass is 10.1. The van der Waals surface area contributed by atoms with Gasteiger partial charge in [-0.3, -0.25) is 14.2 Å². The fourth-order valence-electron chi connectivity index (χ4n) is 2.80. The minimum Gasteiger partial charge on any atom is -0.488 e. The van der Waals surface area contributed by atoms with Gasteiger partial charge in [-0.15, -0.1) is 5.06 Å². The molecule has 10 heteroatoms. The highest BCUT2D eigenvalue weighted by Crippen LogP contribution is 2.27. The highest BCUT2D eigenvalue weighted by atomic mass is 16.7. The van der Waals surface area contributed by atoms with E-state index in [-0.39, 0.29) is 16.9 Å². The number of fused-ring (bicyclic) bond motifs is 1. The van der Waals surface area contributed by atoms with Crippen LogP contribution in [0.4, 0.5) is 0 Å². The van der Waals surface area contributed by atoms with Crippen LogP contribution in [0.1, 0.15) is 27.6 Å². The molecule has 0 bridgehead atoms. The number of imidazole rings is 1. The summed E-state index contributed by atoms with van der Waals surface area (Å²) in [5.41, 5.74) is -1.71. The van der Waals surface area contributed by atoms with Crippen LogP contribution in [0.5, 0.6) is 5.75 Å². The molecule has 1 atom stereocenters. The first-order valence-electron chi connectivity index (χ1n) is 8.86. The zero-order valence-electron chi connectivity index (χ0n) is 15.8. The van der Waals surface area contributed by atoms with Crippen LogP contribution in [0.15, 0.2) is 61.3 Å². The van der Waals surface area contributed by atoms with Crippen LogP contribution in [0.2, 0.25) is 0 Å². The smallest absolute Gasteiger partial charge is 0.342 e. The van der Waals surface area contributed by atoms with Crippen molar-refractivity contribution in [3.05, 3.63) is 72.4 Å². The zero-order chi connectivity index (χ0) is 21.3. The second kappa shape index (κ2) is 7.41. The number of benzene rings is 1. The van der Waals surface area contributed by atoms with Crippen molar-refractivity contribution >= 4 is 17.8 Å². The molecule has 30 heavy (non-hydrogen) atoms. The lowest BCUT2D eigenvalue weighted by molar-refractivity contribution is -0.210. The van der Waals surface area contributed by atoms with Crippen molar-refractivity contribution < 1.29 is 29.1 Å². The third-order valence-electron chi connectivity index (χ3n) is 4.51. The van der Waals surface area contributed by atoms with Gasteiger partial charge in [-0.2, -0.15) is 0 Å². The molecule has 0 saturated heterocycles. The number of ether oxygens (including phenoxy) is 1. The number of aliphatic carboxylic acids is 1. The lowest BCUT2D eigenvalue weighted by Crippen LogP contribution is -2.50. The maximum absolute atomic E-state index is 12.5. The van der Waals surface area contributed by atoms with Gasteiger partial charge < -0.3 is 9.84 Å². The molecule has 4 rings (SSSR count). The molecule has 3 aromatic rings. The molecule has 0 aliphatic carbocycles. The third-order valence-corrected chi connectivity index (χ3v) is 4.51. The maximum atomic E-state index is 12.5. The Morgan fingerprint density at radius 3 is 2.37 bits per heavy atom. The Morgan fingerprint density at radius 1 is 1.13 bits per heavy atom. The zero-order valence-corrected chi connectivity index (χ0v) is 15.8. The van der Waals surface area contributed by atoms with Crippen molar-refractivity contribution in [2.24, 2.45) is 0 Å². The number of hydrogen-bond acceptors (Lipinski definition) is 7. The van der Waals surface area contributed by atoms with Crippen molar-refractivity contribution in [3.63, 3.8) is 0 Å². The Balaban J connectivity index is 1.48. The summed E-state index contributed by atoms with van der Waals surface area (Å²) < 4.78 is 7.21. The molecule has 1 aromatic carbocycles. The van der Waals surface area contributed by atoms with Crippen LogP contribution in [-0.2, 0) is 9.63 Å². The summed E-state index contributed by atoms with van der Waals surface area (Å²) in [4.78, 5) is 50.3. The van der Waals surface area contributed by atoms with Gasteiger partial charge in [0, 0.05) is 12.4 Å². The molecule has 2 amide bonds. The Morgan fingerprint density at radius 2 is 1.83 bits per heavy atom. The molecule has 10 nitrogen and oxygen atoms in total. The van der Waals surface area contributed by atoms with E-state index in [4.69, 9.17) is 9.57 Å². The first-order valence-corrected chi connectivity index (χ1v) is 8.86. The fourth-order valence-corrected chi connectivity index (χ4v) is 2.80. The Labute approximate surface area is 170 Å². The average molecular weight is 408 g/mol. The number of hydrogen-bond donors (Lipinski definition) is 1. The van der Waals surface area contributed by atoms with E-state index in [0.29, 0.717) is 10.9 Å². The number of hydroxylamine groups is 2. The van der Waals surface area contributed by atoms with E-state index >= 15 is 0 Å². The Kier molecular flexibility index (Phi) is 4.76. The first-order chi connectivity index (χ1) is 14.4. The molecule has 0 spiro atoms. The molecule has 2 aromatic heterocycles. The van der Waals surface area contributed by atoms with E-state index in [0.717, 1.165) is 0 Å². The summed E-state index contributed by atoms with van der Waals surface area (Å²) in [5.74, 6) is -1.97. The summed E-state index contributed by atoms with van der Waals surface area (Å²) in [6, 6.07) is 9.43. The largest absolute Gasteiger partial charge is 0.488 e. The predicted molar refractivity (Wildman–Crippen MR) is 101 cm³/mol. The van der Waals surface area contributed by atoms with Crippen molar-refractivity contribution in [2.75, 3.05) is 6.61 Å². The van der Waals surface area contributed by atoms with E-state index in [9.17, 15) is 19.5 Å². The lowest BCUT2D eigenvalue weighted by Gasteiger charge is -2.28. The second-order valence-electron chi connectivity index (χ2n) is 6.69. The molecule has 1 aliphatic rings. The van der Waals surface area contributed by atoms with Gasteiger partial charge in [-0.25, -0.2) is 19.6 Å². The number of carboxylic acids is 1. The summed E-state index contributed by atoms with van der Waals surface area (Å²) in [7, 11) is 0. The summed E-state index contributed by atoms with van der Waals surface area (Å²) >= 11 is 0. The normalized spacial score (nSPS) is 15.0. The van der Waals surface area contributed by atoms with Crippen LogP contribution < -0.4 is 4.74 Å². The molecule has 152 valence electrons. The highest BCUT2D eigenvalue weighted by Gasteiger charge is 2.45. The van der Waals surface area contributed by atoms with E-state index in [2.05, 4.69) is 9.97 Å². The molecule has 3 heterocycles. The molecule has 1 aliphatic heterocycles. The van der Waals surface area contributed by atoms with Crippen molar-refractivity contribution in [2.45, 2.75) is 12.5 Å². The van der Waals surface area contributed by atoms with Gasteiger partial charge in [-0.1, -0.05) is 12.1 Å². The Hall–Kier alpha value is -4.05. The van der Waals surface area contributed by atoms with Gasteiger partial charge in [0.15, 0.2) is 0 Å². The second-order valence-corrected chi connectivity index (χ2v) is 6.69. The summed E-state index contributed by atoms with van der Waals surface area (Å²) in [6.07, 6.45) is 6.33. The Bertz CT molecular complexity index is 1080. The summed E-state index contributed by atoms with van der Waals surface area (Å²) in [5, 5.41) is 10.1. The van der Waals surface area contributed by atoms with Gasteiger partial charge in [0.1, 0.15) is 24.5 Å². The SMILES string of the molecule is C[C@@](COc1ccc(-n2ccnc2)nc1)(ON1C(=O)c2ccccc2C1=O)C(=O)O. The minimum absolute atomic E-state index is 0.149. The van der Waals surface area contributed by atoms with Crippen LogP contribution in [0.3, 0.4) is 0 Å². The van der Waals surface area contributed by atoms with Crippen LogP contribution in [-0.4, -0.2) is 54.7 Å². The van der Waals surface area contributed by atoms with Crippen LogP contribution in [0, 0.1) is 0 Å². The molecule has 0 saturated carbocycles. The van der Waals surface area contributed by atoms with Gasteiger partial charge in [0.25, 0.3) is 11.8 Å². The molecular formula is C20H16N4O6. The number of pyridine rings is 1. The molecule has 0 fully saturated rings. The predicted octanol–water partition coefficient (Wildman–Crippen LogP) is 1.72. The number of rotatable bonds is 7. The average Bonchev–Trinajstić information content (AvgIpc) is 3.37. The quantitative estimate of drug-likeness (QED) is 0.586. The van der Waals surface area contributed by atoms with E-state index in [1.807, 2.05) is 0 Å². The van der Waals surface area contributed by atoms with Crippen molar-refractivity contribution in [3.8, 4) is 11.6 Å². The first kappa shape index (κ1) is 19.3. The number of imide groups is 1. The van der Waals surface area contributed by atoms with Gasteiger partial charge >= 0.3 is 5.97 Å². The van der Waals surface area contributed by atoms with Crippen LogP contribution >= 0.6 is 0 Å². The van der Waals surface area contributed by atoms with Gasteiger partial charge in [0.2, 0.25) is 5.60 Å². The monoisotopic (exact) mass is 408 g/mol. The molecular weight excluding hydrogens is 392 g/mol. The number of carbonyl (C=O) groups is 3. The molecule has 0 radical (unpaired) electrons. The number of amides is 2. The van der Waals surface area contributed by atoms with Crippen molar-refractivity contribution in [1.29, 1.82) is 0 Å². The maximum Gasteiger partial charge on any atom is 0.342 e. The minimum atomic E-state index is -2.00. The fraction of sp³-hybridized carbons (Fsp3) is 0.150. The van der Waals surface area contributed by atoms with Crippen molar-refractivity contribution in [1.82, 2.24) is 19.6 Å². The topological polar surface area (TPSA) is 124 Å². The highest BCUT2D eigenvalue weighted by molar-refractivity contribution is 6.20. The summed E-state index contributed by atoms with van der Waals surface area (Å²) in [6.45, 7) is 0.744. The third kappa shape index (κ3) is 3.40. The van der Waals surface area contributed by atoms with E-state index in [1.54, 1.807) is 47.6 Å². The number of aromatic nitrogens is 3. The number of carbonyl (C=O) groups excluding carboxylic acids is 2. The standard InChI is InChI=1S/C20H16N4O6/c1-20(19(27)28,30-24-17(25)14-4-2-3-5-15(14)18(24)26)11-29-13-6-7-16(22-10-13)23-9-8-21-12-23/h2-10,12H,11H2,1H3,(H,27,28)/t20-/m0/s1. The molecule has 0 unspecified atom stereocenters. The van der Waals surface area contributed by atoms with Gasteiger partial charge in [0.05, 0.1) is 17.3 Å². The van der Waals surface area contributed by atoms with E-state index in [1.165, 1.54) is 25.3 Å². The van der Waals surface area contributed by atoms with Gasteiger partial charge in [-0.05, 0) is 31.2 Å². The van der Waals surface area contributed by atoms with Crippen LogP contribution in [0.25, 0.3) is 5.82 Å².